The van der Waals surface area contributed by atoms with E-state index in [1.807, 2.05) is 42.5 Å². The van der Waals surface area contributed by atoms with Crippen molar-refractivity contribution < 1.29 is 9.59 Å². The van der Waals surface area contributed by atoms with Crippen LogP contribution in [0, 0.1) is 0 Å². The van der Waals surface area contributed by atoms with Crippen LogP contribution in [0.5, 0.6) is 0 Å². The lowest BCUT2D eigenvalue weighted by atomic mass is 10.1. The van der Waals surface area contributed by atoms with Crippen LogP contribution in [0.25, 0.3) is 11.3 Å². The summed E-state index contributed by atoms with van der Waals surface area (Å²) >= 11 is 0. The zero-order chi connectivity index (χ0) is 20.9. The van der Waals surface area contributed by atoms with E-state index in [9.17, 15) is 9.59 Å². The van der Waals surface area contributed by atoms with Crippen molar-refractivity contribution in [1.29, 1.82) is 0 Å². The zero-order valence-corrected chi connectivity index (χ0v) is 16.0. The molecule has 2 heterocycles. The molecule has 0 unspecified atom stereocenters. The van der Waals surface area contributed by atoms with E-state index in [0.29, 0.717) is 23.5 Å². The molecule has 0 spiro atoms. The number of anilines is 1. The first kappa shape index (κ1) is 19.0. The van der Waals surface area contributed by atoms with Gasteiger partial charge in [0.05, 0.1) is 12.2 Å². The van der Waals surface area contributed by atoms with Gasteiger partial charge in [0.1, 0.15) is 5.69 Å². The Morgan fingerprint density at radius 1 is 1.03 bits per heavy atom. The molecule has 150 valence electrons. The number of nitrogens with zero attached hydrogens (tertiary/aromatic N) is 5. The van der Waals surface area contributed by atoms with Crippen LogP contribution in [0.4, 0.5) is 5.95 Å². The molecule has 0 fully saturated rings. The van der Waals surface area contributed by atoms with E-state index >= 15 is 0 Å². The van der Waals surface area contributed by atoms with E-state index < -0.39 is 0 Å². The largest absolute Gasteiger partial charge is 0.354 e. The van der Waals surface area contributed by atoms with Crippen LogP contribution in [-0.4, -0.2) is 49.3 Å². The molecule has 2 aromatic carbocycles. The lowest BCUT2D eigenvalue weighted by Gasteiger charge is -2.07. The number of rotatable bonds is 6. The highest BCUT2D eigenvalue weighted by Crippen LogP contribution is 2.20. The van der Waals surface area contributed by atoms with Crippen LogP contribution in [-0.2, 0) is 6.54 Å². The van der Waals surface area contributed by atoms with Gasteiger partial charge in [0.2, 0.25) is 0 Å². The minimum absolute atomic E-state index is 0.101. The second kappa shape index (κ2) is 8.35. The van der Waals surface area contributed by atoms with Crippen molar-refractivity contribution in [2.45, 2.75) is 6.54 Å². The highest BCUT2D eigenvalue weighted by Gasteiger charge is 2.16. The van der Waals surface area contributed by atoms with Crippen LogP contribution < -0.4 is 10.6 Å². The number of carbonyl (C=O) groups is 2. The average Bonchev–Trinajstić information content (AvgIpc) is 3.44. The minimum atomic E-state index is -0.348. The summed E-state index contributed by atoms with van der Waals surface area (Å²) in [5, 5.41) is 22.8. The minimum Gasteiger partial charge on any atom is -0.354 e. The highest BCUT2D eigenvalue weighted by molar-refractivity contribution is 6.03. The summed E-state index contributed by atoms with van der Waals surface area (Å²) in [6.07, 6.45) is 0. The van der Waals surface area contributed by atoms with E-state index in [0.717, 1.165) is 11.1 Å². The highest BCUT2D eigenvalue weighted by atomic mass is 16.2. The number of carbonyl (C=O) groups excluding carboxylic acids is 2. The number of hydrogen-bond acceptors (Lipinski definition) is 6. The molecule has 4 aromatic rings. The van der Waals surface area contributed by atoms with Gasteiger partial charge < -0.3 is 5.32 Å². The number of nitrogens with one attached hydrogen (secondary N) is 3. The summed E-state index contributed by atoms with van der Waals surface area (Å²) in [5.41, 5.74) is 3.43. The molecule has 0 saturated heterocycles. The zero-order valence-electron chi connectivity index (χ0n) is 16.0. The Morgan fingerprint density at radius 3 is 2.47 bits per heavy atom. The predicted octanol–water partition coefficient (Wildman–Crippen LogP) is 1.72. The van der Waals surface area contributed by atoms with Gasteiger partial charge in [-0.05, 0) is 29.0 Å². The lowest BCUT2D eigenvalue weighted by molar-refractivity contribution is 0.0952. The van der Waals surface area contributed by atoms with Gasteiger partial charge >= 0.3 is 0 Å². The van der Waals surface area contributed by atoms with Crippen molar-refractivity contribution in [3.05, 3.63) is 77.5 Å². The Bertz CT molecular complexity index is 1150. The van der Waals surface area contributed by atoms with Gasteiger partial charge in [0, 0.05) is 18.2 Å². The maximum atomic E-state index is 12.3. The number of amides is 2. The molecule has 0 aliphatic rings. The van der Waals surface area contributed by atoms with E-state index in [1.165, 1.54) is 0 Å². The fourth-order valence-electron chi connectivity index (χ4n) is 2.92. The van der Waals surface area contributed by atoms with E-state index in [-0.39, 0.29) is 17.8 Å². The molecule has 0 atom stereocenters. The number of hydrogen-bond donors (Lipinski definition) is 3. The SMILES string of the molecule is CNC(=O)c1cc(-c2ccccc2)nn1Cc1ccc(C(=O)Nc2nn[nH]n2)cc1. The first-order chi connectivity index (χ1) is 14.6. The van der Waals surface area contributed by atoms with Crippen LogP contribution in [0.2, 0.25) is 0 Å². The van der Waals surface area contributed by atoms with Crippen molar-refractivity contribution in [3.63, 3.8) is 0 Å². The second-order valence-electron chi connectivity index (χ2n) is 6.40. The maximum Gasteiger partial charge on any atom is 0.270 e. The van der Waals surface area contributed by atoms with Gasteiger partial charge in [-0.2, -0.15) is 10.3 Å². The summed E-state index contributed by atoms with van der Waals surface area (Å²) < 4.78 is 1.65. The standard InChI is InChI=1S/C20H18N8O2/c1-21-19(30)17-11-16(14-5-3-2-4-6-14)25-28(17)12-13-7-9-15(10-8-13)18(29)22-20-23-26-27-24-20/h2-11H,12H2,1H3,(H,21,30)(H2,22,23,24,26,27,29). The molecule has 0 bridgehead atoms. The normalized spacial score (nSPS) is 10.6. The molecule has 4 rings (SSSR count). The summed E-state index contributed by atoms with van der Waals surface area (Å²) in [5.74, 6) is -0.468. The van der Waals surface area contributed by atoms with Crippen molar-refractivity contribution in [2.75, 3.05) is 12.4 Å². The predicted molar refractivity (Wildman–Crippen MR) is 109 cm³/mol. The van der Waals surface area contributed by atoms with Crippen molar-refractivity contribution in [3.8, 4) is 11.3 Å². The Labute approximate surface area is 171 Å². The quantitative estimate of drug-likeness (QED) is 0.450. The molecule has 3 N–H and O–H groups in total. The van der Waals surface area contributed by atoms with Crippen LogP contribution in [0.15, 0.2) is 60.7 Å². The van der Waals surface area contributed by atoms with Gasteiger partial charge in [-0.1, -0.05) is 47.6 Å². The summed E-state index contributed by atoms with van der Waals surface area (Å²) in [6, 6.07) is 18.4. The first-order valence-corrected chi connectivity index (χ1v) is 9.13. The molecular weight excluding hydrogens is 384 g/mol. The van der Waals surface area contributed by atoms with E-state index in [1.54, 1.807) is 29.9 Å². The number of benzene rings is 2. The van der Waals surface area contributed by atoms with Crippen molar-refractivity contribution in [2.24, 2.45) is 0 Å². The molecule has 0 saturated carbocycles. The molecule has 2 amide bonds. The Hall–Kier alpha value is -4.34. The summed E-state index contributed by atoms with van der Waals surface area (Å²) in [4.78, 5) is 24.5. The second-order valence-corrected chi connectivity index (χ2v) is 6.40. The maximum absolute atomic E-state index is 12.3. The van der Waals surface area contributed by atoms with Crippen molar-refractivity contribution >= 4 is 17.8 Å². The molecule has 0 radical (unpaired) electrons. The molecule has 30 heavy (non-hydrogen) atoms. The van der Waals surface area contributed by atoms with Crippen LogP contribution >= 0.6 is 0 Å². The molecule has 0 aliphatic heterocycles. The van der Waals surface area contributed by atoms with Gasteiger partial charge in [0.25, 0.3) is 17.8 Å². The number of aromatic amines is 1. The smallest absolute Gasteiger partial charge is 0.270 e. The average molecular weight is 402 g/mol. The fraction of sp³-hybridized carbons (Fsp3) is 0.100. The molecular formula is C20H18N8O2. The third kappa shape index (κ3) is 4.07. The third-order valence-corrected chi connectivity index (χ3v) is 4.43. The van der Waals surface area contributed by atoms with Gasteiger partial charge in [0.15, 0.2) is 0 Å². The van der Waals surface area contributed by atoms with E-state index in [4.69, 9.17) is 0 Å². The third-order valence-electron chi connectivity index (χ3n) is 4.43. The van der Waals surface area contributed by atoms with Gasteiger partial charge in [-0.15, -0.1) is 5.10 Å². The molecule has 0 aliphatic carbocycles. The Balaban J connectivity index is 1.55. The van der Waals surface area contributed by atoms with Gasteiger partial charge in [-0.3, -0.25) is 19.6 Å². The number of H-pyrrole nitrogens is 1. The number of aromatic nitrogens is 6. The Morgan fingerprint density at radius 2 is 1.80 bits per heavy atom. The first-order valence-electron chi connectivity index (χ1n) is 9.13. The van der Waals surface area contributed by atoms with Crippen molar-refractivity contribution in [1.82, 2.24) is 35.7 Å². The molecule has 2 aromatic heterocycles. The summed E-state index contributed by atoms with van der Waals surface area (Å²) in [7, 11) is 1.58. The van der Waals surface area contributed by atoms with Crippen LogP contribution in [0.1, 0.15) is 26.4 Å². The Kier molecular flexibility index (Phi) is 5.29. The molecule has 10 heteroatoms. The topological polar surface area (TPSA) is 130 Å². The molecule has 10 nitrogen and oxygen atoms in total. The fourth-order valence-corrected chi connectivity index (χ4v) is 2.92. The monoisotopic (exact) mass is 402 g/mol. The van der Waals surface area contributed by atoms with Gasteiger partial charge in [-0.25, -0.2) is 0 Å². The summed E-state index contributed by atoms with van der Waals surface area (Å²) in [6.45, 7) is 0.377. The number of tetrazole rings is 1. The van der Waals surface area contributed by atoms with E-state index in [2.05, 4.69) is 36.4 Å². The van der Waals surface area contributed by atoms with Crippen LogP contribution in [0.3, 0.4) is 0 Å². The lowest BCUT2D eigenvalue weighted by Crippen LogP contribution is -2.22.